The molecule has 2 aromatic heterocycles. The molecule has 2 saturated heterocycles. The Morgan fingerprint density at radius 1 is 1.36 bits per heavy atom. The average Bonchev–Trinajstić information content (AvgIpc) is 3.26. The molecule has 1 unspecified atom stereocenters. The van der Waals surface area contributed by atoms with Gasteiger partial charge in [-0.2, -0.15) is 10.4 Å². The fraction of sp³-hybridized carbons (Fsp3) is 0.588. The molecule has 0 aliphatic carbocycles. The molecule has 0 radical (unpaired) electrons. The second-order valence-electron chi connectivity index (χ2n) is 6.94. The highest BCUT2D eigenvalue weighted by molar-refractivity contribution is 7.14. The molecule has 0 amide bonds. The lowest BCUT2D eigenvalue weighted by molar-refractivity contribution is 0.136. The first-order valence-corrected chi connectivity index (χ1v) is 9.73. The van der Waals surface area contributed by atoms with E-state index in [0.29, 0.717) is 24.5 Å². The fourth-order valence-corrected chi connectivity index (χ4v) is 4.84. The molecular formula is C17H23N7S. The number of aryl methyl sites for hydroxylation is 1. The van der Waals surface area contributed by atoms with E-state index in [-0.39, 0.29) is 0 Å². The number of piperidine rings is 1. The number of anilines is 3. The molecule has 8 heteroatoms. The van der Waals surface area contributed by atoms with E-state index in [4.69, 9.17) is 5.26 Å². The van der Waals surface area contributed by atoms with Gasteiger partial charge in [-0.05, 0) is 32.6 Å². The van der Waals surface area contributed by atoms with Crippen molar-refractivity contribution >= 4 is 28.1 Å². The molecule has 2 fully saturated rings. The number of aromatic amines is 1. The zero-order chi connectivity index (χ0) is 17.2. The summed E-state index contributed by atoms with van der Waals surface area (Å²) in [6.07, 6.45) is 5.44. The summed E-state index contributed by atoms with van der Waals surface area (Å²) in [7, 11) is 0. The maximum atomic E-state index is 8.84. The van der Waals surface area contributed by atoms with Gasteiger partial charge in [-0.1, -0.05) is 0 Å². The van der Waals surface area contributed by atoms with Crippen molar-refractivity contribution < 1.29 is 0 Å². The summed E-state index contributed by atoms with van der Waals surface area (Å²) < 4.78 is 0. The van der Waals surface area contributed by atoms with Crippen LogP contribution in [0.15, 0.2) is 11.4 Å². The number of aromatic nitrogens is 3. The maximum Gasteiger partial charge on any atom is 0.184 e. The first-order valence-electron chi connectivity index (χ1n) is 8.85. The lowest BCUT2D eigenvalue weighted by atomic mass is 9.97. The number of hydrogen-bond donors (Lipinski definition) is 3. The van der Waals surface area contributed by atoms with Gasteiger partial charge in [-0.3, -0.25) is 10.00 Å². The molecular weight excluding hydrogens is 334 g/mol. The van der Waals surface area contributed by atoms with E-state index in [9.17, 15) is 0 Å². The Morgan fingerprint density at radius 3 is 2.84 bits per heavy atom. The van der Waals surface area contributed by atoms with Crippen molar-refractivity contribution in [2.75, 3.05) is 17.2 Å². The summed E-state index contributed by atoms with van der Waals surface area (Å²) in [5.74, 6) is 1.62. The molecule has 0 saturated carbocycles. The number of H-pyrrole nitrogens is 1. The summed E-state index contributed by atoms with van der Waals surface area (Å²) in [5.41, 5.74) is 1.02. The average molecular weight is 357 g/mol. The Morgan fingerprint density at radius 2 is 2.16 bits per heavy atom. The highest BCUT2D eigenvalue weighted by atomic mass is 32.1. The van der Waals surface area contributed by atoms with E-state index in [1.807, 2.05) is 18.4 Å². The molecule has 2 aliphatic rings. The number of nitriles is 1. The van der Waals surface area contributed by atoms with E-state index >= 15 is 0 Å². The topological polar surface area (TPSA) is 92.7 Å². The number of nitrogens with zero attached hydrogens (tertiary/aromatic N) is 4. The minimum Gasteiger partial charge on any atom is -0.359 e. The SMILES string of the molecule is Cc1cc(Nc2csc(NC3C[C@H]4CC[C@@H](C3)N4CCC#N)n2)n[nH]1. The molecule has 25 heavy (non-hydrogen) atoms. The summed E-state index contributed by atoms with van der Waals surface area (Å²) >= 11 is 1.63. The van der Waals surface area contributed by atoms with Crippen molar-refractivity contribution in [1.82, 2.24) is 20.1 Å². The van der Waals surface area contributed by atoms with Crippen LogP contribution in [0, 0.1) is 18.3 Å². The Hall–Kier alpha value is -2.11. The van der Waals surface area contributed by atoms with Crippen molar-refractivity contribution in [2.24, 2.45) is 0 Å². The molecule has 0 spiro atoms. The standard InChI is InChI=1S/C17H23N7S/c1-11-7-15(23-22-11)20-16-10-25-17(21-16)19-12-8-13-3-4-14(9-12)24(13)6-2-5-18/h7,10,12-14H,2-4,6,8-9H2,1H3,(H,19,21)(H2,20,22,23)/t12?,13-,14+. The van der Waals surface area contributed by atoms with E-state index in [1.165, 1.54) is 12.8 Å². The van der Waals surface area contributed by atoms with Gasteiger partial charge < -0.3 is 10.6 Å². The smallest absolute Gasteiger partial charge is 0.184 e. The molecule has 7 nitrogen and oxygen atoms in total. The molecule has 2 aliphatic heterocycles. The largest absolute Gasteiger partial charge is 0.359 e. The molecule has 0 aromatic carbocycles. The van der Waals surface area contributed by atoms with Gasteiger partial charge in [-0.25, -0.2) is 4.98 Å². The Balaban J connectivity index is 1.34. The van der Waals surface area contributed by atoms with E-state index in [0.717, 1.165) is 41.8 Å². The van der Waals surface area contributed by atoms with Crippen LogP contribution in [0.5, 0.6) is 0 Å². The summed E-state index contributed by atoms with van der Waals surface area (Å²) in [4.78, 5) is 7.19. The van der Waals surface area contributed by atoms with Crippen LogP contribution >= 0.6 is 11.3 Å². The number of fused-ring (bicyclic) bond motifs is 2. The van der Waals surface area contributed by atoms with Gasteiger partial charge in [0.15, 0.2) is 10.9 Å². The Labute approximate surface area is 151 Å². The predicted octanol–water partition coefficient (Wildman–Crippen LogP) is 3.24. The Kier molecular flexibility index (Phi) is 4.59. The van der Waals surface area contributed by atoms with Crippen molar-refractivity contribution in [3.63, 3.8) is 0 Å². The molecule has 4 rings (SSSR count). The number of thiazole rings is 1. The molecule has 2 bridgehead atoms. The van der Waals surface area contributed by atoms with E-state index in [1.54, 1.807) is 11.3 Å². The van der Waals surface area contributed by atoms with Crippen LogP contribution in [0.3, 0.4) is 0 Å². The zero-order valence-electron chi connectivity index (χ0n) is 14.3. The van der Waals surface area contributed by atoms with Gasteiger partial charge in [0.1, 0.15) is 5.82 Å². The molecule has 4 heterocycles. The quantitative estimate of drug-likeness (QED) is 0.735. The monoisotopic (exact) mass is 357 g/mol. The third-order valence-corrected chi connectivity index (χ3v) is 5.93. The maximum absolute atomic E-state index is 8.84. The minimum absolute atomic E-state index is 0.475. The first-order chi connectivity index (χ1) is 12.2. The number of rotatable bonds is 6. The zero-order valence-corrected chi connectivity index (χ0v) is 15.1. The minimum atomic E-state index is 0.475. The highest BCUT2D eigenvalue weighted by Crippen LogP contribution is 2.37. The molecule has 3 atom stereocenters. The van der Waals surface area contributed by atoms with Gasteiger partial charge >= 0.3 is 0 Å². The van der Waals surface area contributed by atoms with Crippen LogP contribution < -0.4 is 10.6 Å². The summed E-state index contributed by atoms with van der Waals surface area (Å²) in [5, 5.41) is 25.8. The summed E-state index contributed by atoms with van der Waals surface area (Å²) in [6, 6.07) is 5.95. The predicted molar refractivity (Wildman–Crippen MR) is 99.1 cm³/mol. The van der Waals surface area contributed by atoms with Crippen molar-refractivity contribution in [3.8, 4) is 6.07 Å². The van der Waals surface area contributed by atoms with Crippen LogP contribution in [-0.2, 0) is 0 Å². The summed E-state index contributed by atoms with van der Waals surface area (Å²) in [6.45, 7) is 2.90. The normalized spacial score (nSPS) is 25.7. The van der Waals surface area contributed by atoms with Gasteiger partial charge in [0, 0.05) is 48.2 Å². The lowest BCUT2D eigenvalue weighted by Crippen LogP contribution is -2.47. The lowest BCUT2D eigenvalue weighted by Gasteiger charge is -2.38. The van der Waals surface area contributed by atoms with Crippen molar-refractivity contribution in [2.45, 2.75) is 57.2 Å². The fourth-order valence-electron chi connectivity index (χ4n) is 4.12. The van der Waals surface area contributed by atoms with Crippen LogP contribution in [0.25, 0.3) is 0 Å². The number of hydrogen-bond acceptors (Lipinski definition) is 7. The van der Waals surface area contributed by atoms with Crippen LogP contribution in [0.2, 0.25) is 0 Å². The first kappa shape index (κ1) is 16.4. The van der Waals surface area contributed by atoms with Gasteiger partial charge in [-0.15, -0.1) is 11.3 Å². The van der Waals surface area contributed by atoms with Crippen molar-refractivity contribution in [1.29, 1.82) is 5.26 Å². The third-order valence-electron chi connectivity index (χ3n) is 5.16. The highest BCUT2D eigenvalue weighted by Gasteiger charge is 2.40. The Bertz CT molecular complexity index is 747. The molecule has 2 aromatic rings. The second-order valence-corrected chi connectivity index (χ2v) is 7.80. The third kappa shape index (κ3) is 3.62. The van der Waals surface area contributed by atoms with Gasteiger partial charge in [0.2, 0.25) is 0 Å². The van der Waals surface area contributed by atoms with Gasteiger partial charge in [0.25, 0.3) is 0 Å². The van der Waals surface area contributed by atoms with Gasteiger partial charge in [0.05, 0.1) is 6.07 Å². The second kappa shape index (κ2) is 7.02. The molecule has 132 valence electrons. The van der Waals surface area contributed by atoms with Crippen LogP contribution in [0.4, 0.5) is 16.8 Å². The van der Waals surface area contributed by atoms with Crippen LogP contribution in [0.1, 0.15) is 37.8 Å². The van der Waals surface area contributed by atoms with Crippen LogP contribution in [-0.4, -0.2) is 44.8 Å². The molecule has 3 N–H and O–H groups in total. The van der Waals surface area contributed by atoms with E-state index in [2.05, 4.69) is 36.8 Å². The van der Waals surface area contributed by atoms with E-state index < -0.39 is 0 Å². The van der Waals surface area contributed by atoms with Crippen molar-refractivity contribution in [3.05, 3.63) is 17.1 Å². The number of nitrogens with one attached hydrogen (secondary N) is 3.